The fourth-order valence-corrected chi connectivity index (χ4v) is 0.502. The number of nitrogens with zero attached hydrogens (tertiary/aromatic N) is 1. The Hall–Kier alpha value is -1.05. The lowest BCUT2D eigenvalue weighted by molar-refractivity contribution is 1.37. The number of hydrogen-bond acceptors (Lipinski definition) is 1. The Morgan fingerprint density at radius 1 is 1.50 bits per heavy atom. The van der Waals surface area contributed by atoms with Crippen molar-refractivity contribution in [1.29, 1.82) is 0 Å². The molecule has 0 amide bonds. The molecular formula is C8H14N2. The predicted octanol–water partition coefficient (Wildman–Crippen LogP) is 1.50. The molecule has 2 heteroatoms. The third-order valence-electron chi connectivity index (χ3n) is 1.18. The lowest BCUT2D eigenvalue weighted by Gasteiger charge is -1.94. The van der Waals surface area contributed by atoms with Crippen LogP contribution in [0, 0.1) is 0 Å². The van der Waals surface area contributed by atoms with E-state index in [1.54, 1.807) is 7.05 Å². The lowest BCUT2D eigenvalue weighted by Crippen LogP contribution is -2.12. The van der Waals surface area contributed by atoms with Crippen LogP contribution >= 0.6 is 0 Å². The van der Waals surface area contributed by atoms with Crippen LogP contribution in [0.2, 0.25) is 0 Å². The Morgan fingerprint density at radius 3 is 2.50 bits per heavy atom. The number of rotatable bonds is 2. The van der Waals surface area contributed by atoms with Crippen LogP contribution in [-0.4, -0.2) is 12.9 Å². The largest absolute Gasteiger partial charge is 0.384 e. The van der Waals surface area contributed by atoms with Crippen molar-refractivity contribution in [2.24, 2.45) is 10.7 Å². The summed E-state index contributed by atoms with van der Waals surface area (Å²) in [5.41, 5.74) is 6.51. The van der Waals surface area contributed by atoms with Gasteiger partial charge in [0.1, 0.15) is 5.84 Å². The van der Waals surface area contributed by atoms with Crippen LogP contribution < -0.4 is 5.73 Å². The molecule has 0 spiro atoms. The highest BCUT2D eigenvalue weighted by molar-refractivity contribution is 5.96. The highest BCUT2D eigenvalue weighted by Gasteiger charge is 1.89. The van der Waals surface area contributed by atoms with E-state index in [-0.39, 0.29) is 0 Å². The first-order valence-electron chi connectivity index (χ1n) is 3.24. The van der Waals surface area contributed by atoms with Gasteiger partial charge >= 0.3 is 0 Å². The van der Waals surface area contributed by atoms with Crippen molar-refractivity contribution in [3.05, 3.63) is 23.8 Å². The number of amidine groups is 1. The molecule has 0 aromatic heterocycles. The Labute approximate surface area is 62.1 Å². The van der Waals surface area contributed by atoms with Crippen molar-refractivity contribution >= 4 is 5.84 Å². The van der Waals surface area contributed by atoms with E-state index < -0.39 is 0 Å². The second-order valence-corrected chi connectivity index (χ2v) is 1.98. The summed E-state index contributed by atoms with van der Waals surface area (Å²) in [5.74, 6) is 0.595. The summed E-state index contributed by atoms with van der Waals surface area (Å²) in [6.07, 6.45) is 5.82. The van der Waals surface area contributed by atoms with E-state index in [0.717, 1.165) is 5.57 Å². The van der Waals surface area contributed by atoms with Crippen molar-refractivity contribution in [1.82, 2.24) is 0 Å². The third kappa shape index (κ3) is 3.07. The van der Waals surface area contributed by atoms with Gasteiger partial charge in [-0.05, 0) is 19.4 Å². The fourth-order valence-electron chi connectivity index (χ4n) is 0.502. The Morgan fingerprint density at radius 2 is 2.10 bits per heavy atom. The summed E-state index contributed by atoms with van der Waals surface area (Å²) in [6.45, 7) is 3.89. The van der Waals surface area contributed by atoms with E-state index in [1.807, 2.05) is 32.1 Å². The highest BCUT2D eigenvalue weighted by atomic mass is 14.8. The standard InChI is InChI=1S/C8H14N2/c1-4-5-6-7(2)8(9)10-3/h4-6H,1-3H3,(H2,9,10)/b5-4?,7-6+. The average molecular weight is 138 g/mol. The van der Waals surface area contributed by atoms with Crippen LogP contribution in [-0.2, 0) is 0 Å². The number of aliphatic imine (C=N–C) groups is 1. The molecule has 0 aromatic carbocycles. The molecule has 2 N–H and O–H groups in total. The second kappa shape index (κ2) is 4.79. The zero-order chi connectivity index (χ0) is 7.98. The molecule has 0 radical (unpaired) electrons. The maximum atomic E-state index is 5.51. The van der Waals surface area contributed by atoms with Crippen molar-refractivity contribution in [2.75, 3.05) is 7.05 Å². The monoisotopic (exact) mass is 138 g/mol. The molecule has 0 saturated carbocycles. The zero-order valence-electron chi connectivity index (χ0n) is 6.76. The highest BCUT2D eigenvalue weighted by Crippen LogP contribution is 1.91. The van der Waals surface area contributed by atoms with Gasteiger partial charge in [-0.2, -0.15) is 0 Å². The predicted molar refractivity (Wildman–Crippen MR) is 46.1 cm³/mol. The van der Waals surface area contributed by atoms with Crippen molar-refractivity contribution in [2.45, 2.75) is 13.8 Å². The molecule has 0 atom stereocenters. The Kier molecular flexibility index (Phi) is 4.29. The van der Waals surface area contributed by atoms with Gasteiger partial charge in [0.2, 0.25) is 0 Å². The summed E-state index contributed by atoms with van der Waals surface area (Å²) in [5, 5.41) is 0. The van der Waals surface area contributed by atoms with Crippen LogP contribution in [0.15, 0.2) is 28.8 Å². The quantitative estimate of drug-likeness (QED) is 0.350. The first-order valence-corrected chi connectivity index (χ1v) is 3.24. The molecule has 0 aliphatic carbocycles. The molecule has 0 unspecified atom stereocenters. The molecule has 0 aliphatic heterocycles. The normalized spacial score (nSPS) is 14.7. The molecular weight excluding hydrogens is 124 g/mol. The minimum absolute atomic E-state index is 0.595. The molecule has 0 fully saturated rings. The molecule has 0 saturated heterocycles. The smallest absolute Gasteiger partial charge is 0.120 e. The zero-order valence-corrected chi connectivity index (χ0v) is 6.76. The van der Waals surface area contributed by atoms with Gasteiger partial charge in [0.25, 0.3) is 0 Å². The molecule has 56 valence electrons. The van der Waals surface area contributed by atoms with E-state index in [0.29, 0.717) is 5.84 Å². The molecule has 0 heterocycles. The number of hydrogen-bond donors (Lipinski definition) is 1. The van der Waals surface area contributed by atoms with Gasteiger partial charge in [0.05, 0.1) is 0 Å². The van der Waals surface area contributed by atoms with Crippen molar-refractivity contribution in [3.8, 4) is 0 Å². The SMILES string of the molecule is CC=C/C=C(\C)C(N)=NC. The Balaban J connectivity index is 4.19. The van der Waals surface area contributed by atoms with Crippen LogP contribution in [0.1, 0.15) is 13.8 Å². The third-order valence-corrected chi connectivity index (χ3v) is 1.18. The molecule has 0 bridgehead atoms. The fraction of sp³-hybridized carbons (Fsp3) is 0.375. The molecule has 0 aromatic rings. The Bertz CT molecular complexity index is 176. The van der Waals surface area contributed by atoms with Crippen molar-refractivity contribution < 1.29 is 0 Å². The number of allylic oxidation sites excluding steroid dienone is 3. The van der Waals surface area contributed by atoms with E-state index in [4.69, 9.17) is 5.73 Å². The van der Waals surface area contributed by atoms with Crippen LogP contribution in [0.4, 0.5) is 0 Å². The minimum atomic E-state index is 0.595. The summed E-state index contributed by atoms with van der Waals surface area (Å²) in [7, 11) is 1.68. The summed E-state index contributed by atoms with van der Waals surface area (Å²) >= 11 is 0. The second-order valence-electron chi connectivity index (χ2n) is 1.98. The van der Waals surface area contributed by atoms with E-state index in [2.05, 4.69) is 4.99 Å². The van der Waals surface area contributed by atoms with Gasteiger partial charge < -0.3 is 5.73 Å². The van der Waals surface area contributed by atoms with Gasteiger partial charge in [0, 0.05) is 7.05 Å². The molecule has 2 nitrogen and oxygen atoms in total. The van der Waals surface area contributed by atoms with Crippen LogP contribution in [0.5, 0.6) is 0 Å². The van der Waals surface area contributed by atoms with Crippen molar-refractivity contribution in [3.63, 3.8) is 0 Å². The topological polar surface area (TPSA) is 38.4 Å². The number of nitrogens with two attached hydrogens (primary N) is 1. The van der Waals surface area contributed by atoms with E-state index in [9.17, 15) is 0 Å². The molecule has 0 rings (SSSR count). The first kappa shape index (κ1) is 8.95. The van der Waals surface area contributed by atoms with Crippen LogP contribution in [0.25, 0.3) is 0 Å². The van der Waals surface area contributed by atoms with E-state index in [1.165, 1.54) is 0 Å². The molecule has 10 heavy (non-hydrogen) atoms. The maximum Gasteiger partial charge on any atom is 0.120 e. The summed E-state index contributed by atoms with van der Waals surface area (Å²) in [4.78, 5) is 3.83. The van der Waals surface area contributed by atoms with Gasteiger partial charge in [-0.25, -0.2) is 0 Å². The lowest BCUT2D eigenvalue weighted by atomic mass is 10.2. The van der Waals surface area contributed by atoms with E-state index >= 15 is 0 Å². The summed E-state index contributed by atoms with van der Waals surface area (Å²) < 4.78 is 0. The minimum Gasteiger partial charge on any atom is -0.384 e. The summed E-state index contributed by atoms with van der Waals surface area (Å²) in [6, 6.07) is 0. The maximum absolute atomic E-state index is 5.51. The first-order chi connectivity index (χ1) is 4.72. The average Bonchev–Trinajstić information content (AvgIpc) is 1.98. The van der Waals surface area contributed by atoms with Crippen LogP contribution in [0.3, 0.4) is 0 Å². The molecule has 0 aliphatic rings. The van der Waals surface area contributed by atoms with Gasteiger partial charge in [0.15, 0.2) is 0 Å². The van der Waals surface area contributed by atoms with Gasteiger partial charge in [-0.3, -0.25) is 4.99 Å². The van der Waals surface area contributed by atoms with Gasteiger partial charge in [-0.15, -0.1) is 0 Å². The van der Waals surface area contributed by atoms with Gasteiger partial charge in [-0.1, -0.05) is 18.2 Å².